The van der Waals surface area contributed by atoms with Crippen molar-refractivity contribution < 1.29 is 4.79 Å². The highest BCUT2D eigenvalue weighted by Crippen LogP contribution is 2.46. The summed E-state index contributed by atoms with van der Waals surface area (Å²) in [6.45, 7) is 0. The van der Waals surface area contributed by atoms with E-state index in [1.54, 1.807) is 34.0 Å². The molecule has 0 radical (unpaired) electrons. The SMILES string of the molecule is O=C(Nc1sc2c(c1-c1nc3ccccc3s1)CCCC2)c1cc(-c2cccs2)nc2ccccc12. The monoisotopic (exact) mass is 523 g/mol. The molecule has 2 aromatic carbocycles. The minimum Gasteiger partial charge on any atom is -0.313 e. The van der Waals surface area contributed by atoms with Crippen molar-refractivity contribution in [3.05, 3.63) is 88.1 Å². The van der Waals surface area contributed by atoms with Gasteiger partial charge in [0.1, 0.15) is 10.0 Å². The van der Waals surface area contributed by atoms with Crippen molar-refractivity contribution in [2.75, 3.05) is 5.32 Å². The van der Waals surface area contributed by atoms with E-state index in [1.165, 1.54) is 28.0 Å². The lowest BCUT2D eigenvalue weighted by Gasteiger charge is -2.12. The van der Waals surface area contributed by atoms with Crippen LogP contribution in [0.2, 0.25) is 0 Å². The maximum absolute atomic E-state index is 13.9. The summed E-state index contributed by atoms with van der Waals surface area (Å²) in [7, 11) is 0. The smallest absolute Gasteiger partial charge is 0.257 e. The third-order valence-corrected chi connectivity index (χ3v) is 9.79. The second-order valence-electron chi connectivity index (χ2n) is 8.91. The van der Waals surface area contributed by atoms with E-state index < -0.39 is 0 Å². The molecule has 7 rings (SSSR count). The maximum atomic E-state index is 13.9. The topological polar surface area (TPSA) is 54.9 Å². The van der Waals surface area contributed by atoms with Gasteiger partial charge in [-0.05, 0) is 67.0 Å². The van der Waals surface area contributed by atoms with E-state index in [9.17, 15) is 4.79 Å². The maximum Gasteiger partial charge on any atom is 0.257 e. The molecule has 7 heteroatoms. The number of nitrogens with one attached hydrogen (secondary N) is 1. The van der Waals surface area contributed by atoms with E-state index in [0.29, 0.717) is 5.56 Å². The average Bonchev–Trinajstić information content (AvgIpc) is 3.66. The van der Waals surface area contributed by atoms with Gasteiger partial charge in [0.25, 0.3) is 5.91 Å². The fourth-order valence-electron chi connectivity index (χ4n) is 4.94. The van der Waals surface area contributed by atoms with Gasteiger partial charge in [0.2, 0.25) is 0 Å². The highest BCUT2D eigenvalue weighted by molar-refractivity contribution is 7.23. The van der Waals surface area contributed by atoms with Gasteiger partial charge in [0.05, 0.1) is 31.9 Å². The molecule has 0 atom stereocenters. The number of anilines is 1. The lowest BCUT2D eigenvalue weighted by molar-refractivity contribution is 0.102. The number of aryl methyl sites for hydroxylation is 1. The molecule has 0 fully saturated rings. The quantitative estimate of drug-likeness (QED) is 0.252. The summed E-state index contributed by atoms with van der Waals surface area (Å²) < 4.78 is 1.17. The molecule has 36 heavy (non-hydrogen) atoms. The first-order valence-electron chi connectivity index (χ1n) is 12.0. The molecule has 0 bridgehead atoms. The third-order valence-electron chi connectivity index (χ3n) is 6.64. The third kappa shape index (κ3) is 3.75. The lowest BCUT2D eigenvalue weighted by Crippen LogP contribution is -2.13. The number of fused-ring (bicyclic) bond motifs is 3. The number of thiophene rings is 2. The Balaban J connectivity index is 1.35. The molecule has 0 spiro atoms. The summed E-state index contributed by atoms with van der Waals surface area (Å²) in [6, 6.07) is 22.1. The molecule has 4 aromatic heterocycles. The molecular weight excluding hydrogens is 503 g/mol. The summed E-state index contributed by atoms with van der Waals surface area (Å²) in [4.78, 5) is 26.1. The Morgan fingerprint density at radius 2 is 1.69 bits per heavy atom. The number of hydrogen-bond acceptors (Lipinski definition) is 6. The highest BCUT2D eigenvalue weighted by Gasteiger charge is 2.26. The summed E-state index contributed by atoms with van der Waals surface area (Å²) in [6.07, 6.45) is 4.47. The zero-order valence-electron chi connectivity index (χ0n) is 19.3. The second-order valence-corrected chi connectivity index (χ2v) is 12.0. The fraction of sp³-hybridized carbons (Fsp3) is 0.138. The Labute approximate surface area is 220 Å². The molecule has 0 saturated carbocycles. The van der Waals surface area contributed by atoms with Crippen LogP contribution in [0.5, 0.6) is 0 Å². The number of carbonyl (C=O) groups is 1. The van der Waals surface area contributed by atoms with E-state index in [4.69, 9.17) is 9.97 Å². The normalized spacial score (nSPS) is 13.2. The molecule has 176 valence electrons. The molecule has 0 aliphatic heterocycles. The van der Waals surface area contributed by atoms with Crippen LogP contribution in [0.3, 0.4) is 0 Å². The first kappa shape index (κ1) is 21.9. The zero-order chi connectivity index (χ0) is 24.1. The summed E-state index contributed by atoms with van der Waals surface area (Å²) in [5.74, 6) is -0.104. The molecule has 0 unspecified atom stereocenters. The van der Waals surface area contributed by atoms with Gasteiger partial charge in [-0.25, -0.2) is 9.97 Å². The number of amides is 1. The van der Waals surface area contributed by atoms with Gasteiger partial charge in [-0.3, -0.25) is 4.79 Å². The van der Waals surface area contributed by atoms with Crippen molar-refractivity contribution in [1.29, 1.82) is 0 Å². The predicted molar refractivity (Wildman–Crippen MR) is 153 cm³/mol. The van der Waals surface area contributed by atoms with Gasteiger partial charge in [-0.2, -0.15) is 0 Å². The Kier molecular flexibility index (Phi) is 5.42. The fourth-order valence-corrected chi connectivity index (χ4v) is 8.02. The number of para-hydroxylation sites is 2. The van der Waals surface area contributed by atoms with Gasteiger partial charge in [-0.1, -0.05) is 36.4 Å². The van der Waals surface area contributed by atoms with Crippen LogP contribution in [0.1, 0.15) is 33.6 Å². The highest BCUT2D eigenvalue weighted by atomic mass is 32.1. The summed E-state index contributed by atoms with van der Waals surface area (Å²) in [5.41, 5.74) is 5.77. The van der Waals surface area contributed by atoms with Crippen LogP contribution in [-0.4, -0.2) is 15.9 Å². The van der Waals surface area contributed by atoms with Gasteiger partial charge in [-0.15, -0.1) is 34.0 Å². The Morgan fingerprint density at radius 3 is 2.56 bits per heavy atom. The molecule has 1 aliphatic rings. The molecule has 4 heterocycles. The van der Waals surface area contributed by atoms with E-state index >= 15 is 0 Å². The first-order valence-corrected chi connectivity index (χ1v) is 14.5. The van der Waals surface area contributed by atoms with Crippen LogP contribution in [0.4, 0.5) is 5.00 Å². The Hall–Kier alpha value is -3.39. The standard InChI is InChI=1S/C29H21N3OS3/c33-27(19-16-22(24-14-7-15-34-24)30-20-10-3-1-8-17(19)20)32-29-26(18-9-2-5-12-23(18)35-29)28-31-21-11-4-6-13-25(21)36-28/h1,3-4,6-8,10-11,13-16H,2,5,9,12H2,(H,32,33). The molecule has 1 N–H and O–H groups in total. The molecular formula is C29H21N3OS3. The van der Waals surface area contributed by atoms with E-state index in [-0.39, 0.29) is 5.91 Å². The van der Waals surface area contributed by atoms with Gasteiger partial charge >= 0.3 is 0 Å². The van der Waals surface area contributed by atoms with Crippen LogP contribution in [0.15, 0.2) is 72.1 Å². The van der Waals surface area contributed by atoms with Gasteiger partial charge in [0, 0.05) is 15.8 Å². The molecule has 1 amide bonds. The van der Waals surface area contributed by atoms with E-state index in [0.717, 1.165) is 55.4 Å². The van der Waals surface area contributed by atoms with Crippen molar-refractivity contribution in [3.63, 3.8) is 0 Å². The van der Waals surface area contributed by atoms with Crippen LogP contribution in [-0.2, 0) is 12.8 Å². The molecule has 4 nitrogen and oxygen atoms in total. The first-order chi connectivity index (χ1) is 17.7. The molecule has 1 aliphatic carbocycles. The number of rotatable bonds is 4. The van der Waals surface area contributed by atoms with Crippen molar-refractivity contribution in [2.24, 2.45) is 0 Å². The molecule has 0 saturated heterocycles. The number of aromatic nitrogens is 2. The predicted octanol–water partition coefficient (Wildman–Crippen LogP) is 8.43. The van der Waals surface area contributed by atoms with Crippen LogP contribution in [0.25, 0.3) is 42.3 Å². The molecule has 6 aromatic rings. The van der Waals surface area contributed by atoms with Gasteiger partial charge < -0.3 is 5.32 Å². The van der Waals surface area contributed by atoms with E-state index in [2.05, 4.69) is 23.5 Å². The summed E-state index contributed by atoms with van der Waals surface area (Å²) >= 11 is 5.05. The number of hydrogen-bond donors (Lipinski definition) is 1. The Bertz CT molecular complexity index is 1710. The average molecular weight is 524 g/mol. The van der Waals surface area contributed by atoms with Gasteiger partial charge in [0.15, 0.2) is 0 Å². The van der Waals surface area contributed by atoms with Crippen molar-refractivity contribution in [2.45, 2.75) is 25.7 Å². The lowest BCUT2D eigenvalue weighted by atomic mass is 9.95. The van der Waals surface area contributed by atoms with Crippen LogP contribution < -0.4 is 5.32 Å². The number of carbonyl (C=O) groups excluding carboxylic acids is 1. The second kappa shape index (κ2) is 8.92. The Morgan fingerprint density at radius 1 is 0.861 bits per heavy atom. The van der Waals surface area contributed by atoms with Crippen molar-refractivity contribution in [3.8, 4) is 21.1 Å². The zero-order valence-corrected chi connectivity index (χ0v) is 21.7. The largest absolute Gasteiger partial charge is 0.313 e. The number of nitrogens with zero attached hydrogens (tertiary/aromatic N) is 2. The van der Waals surface area contributed by atoms with Crippen molar-refractivity contribution in [1.82, 2.24) is 9.97 Å². The van der Waals surface area contributed by atoms with Crippen LogP contribution in [0, 0.1) is 0 Å². The minimum absolute atomic E-state index is 0.104. The summed E-state index contributed by atoms with van der Waals surface area (Å²) in [5, 5.41) is 8.10. The number of thiazole rings is 1. The number of benzene rings is 2. The minimum atomic E-state index is -0.104. The number of pyridine rings is 1. The van der Waals surface area contributed by atoms with E-state index in [1.807, 2.05) is 53.9 Å². The van der Waals surface area contributed by atoms with Crippen LogP contribution >= 0.6 is 34.0 Å². The van der Waals surface area contributed by atoms with Crippen molar-refractivity contribution >= 4 is 66.0 Å².